The van der Waals surface area contributed by atoms with Crippen molar-refractivity contribution >= 4 is 23.2 Å². The van der Waals surface area contributed by atoms with Crippen LogP contribution < -0.4 is 21.3 Å². The first kappa shape index (κ1) is 20.3. The van der Waals surface area contributed by atoms with E-state index in [0.717, 1.165) is 5.56 Å². The standard InChI is InChI=1S/C13H13ClN4O2.C4H10O3/c14-7-3-1-6(2-4-7)5-13-9(20)12-15-10(17-13)8(19)11(16-12)18-13;5-1-3-7-4-2-6/h1-4,10-12,15-18H,5H2;5-6H,1-4H2. The maximum atomic E-state index is 12.5. The molecular weight excluding hydrogens is 376 g/mol. The van der Waals surface area contributed by atoms with E-state index in [-0.39, 0.29) is 24.8 Å². The second-order valence-corrected chi connectivity index (χ2v) is 6.89. The molecule has 1 aromatic carbocycles. The van der Waals surface area contributed by atoms with Gasteiger partial charge in [0.25, 0.3) is 0 Å². The number of aliphatic hydroxyl groups excluding tert-OH is 2. The summed E-state index contributed by atoms with van der Waals surface area (Å²) in [5, 5.41) is 28.9. The number of halogens is 1. The van der Waals surface area contributed by atoms with Gasteiger partial charge in [-0.25, -0.2) is 0 Å². The molecule has 9 nitrogen and oxygen atoms in total. The zero-order chi connectivity index (χ0) is 19.4. The van der Waals surface area contributed by atoms with E-state index >= 15 is 0 Å². The molecule has 6 N–H and O–H groups in total. The SMILES string of the molecule is O=C1C2NC3NC1NC(Cc1ccc(Cl)cc1)(N2)C3=O.OCCOCCO. The van der Waals surface area contributed by atoms with E-state index < -0.39 is 24.2 Å². The lowest BCUT2D eigenvalue weighted by Crippen LogP contribution is -2.93. The predicted octanol–water partition coefficient (Wildman–Crippen LogP) is -1.92. The van der Waals surface area contributed by atoms with Gasteiger partial charge in [-0.15, -0.1) is 0 Å². The van der Waals surface area contributed by atoms with Crippen molar-refractivity contribution in [1.29, 1.82) is 0 Å². The first-order valence-corrected chi connectivity index (χ1v) is 9.06. The van der Waals surface area contributed by atoms with Crippen LogP contribution >= 0.6 is 11.6 Å². The highest BCUT2D eigenvalue weighted by atomic mass is 35.5. The summed E-state index contributed by atoms with van der Waals surface area (Å²) >= 11 is 5.87. The Morgan fingerprint density at radius 2 is 1.52 bits per heavy atom. The molecule has 0 aliphatic carbocycles. The summed E-state index contributed by atoms with van der Waals surface area (Å²) < 4.78 is 4.63. The second-order valence-electron chi connectivity index (χ2n) is 6.46. The zero-order valence-corrected chi connectivity index (χ0v) is 15.3. The highest BCUT2D eigenvalue weighted by Crippen LogP contribution is 2.26. The van der Waals surface area contributed by atoms with Crippen molar-refractivity contribution in [2.24, 2.45) is 0 Å². The van der Waals surface area contributed by atoms with Crippen LogP contribution in [0.3, 0.4) is 0 Å². The molecule has 148 valence electrons. The molecule has 4 heterocycles. The van der Waals surface area contributed by atoms with Crippen LogP contribution in [0.2, 0.25) is 5.02 Å². The first-order chi connectivity index (χ1) is 13.0. The number of carbonyl (C=O) groups is 2. The molecule has 5 rings (SSSR count). The number of ether oxygens (including phenoxy) is 1. The van der Waals surface area contributed by atoms with Crippen molar-refractivity contribution in [1.82, 2.24) is 21.3 Å². The maximum absolute atomic E-state index is 12.5. The monoisotopic (exact) mass is 398 g/mol. The Morgan fingerprint density at radius 1 is 0.963 bits per heavy atom. The molecule has 1 aromatic rings. The van der Waals surface area contributed by atoms with Crippen LogP contribution in [0.25, 0.3) is 0 Å². The van der Waals surface area contributed by atoms with Gasteiger partial charge < -0.3 is 14.9 Å². The zero-order valence-electron chi connectivity index (χ0n) is 14.6. The molecule has 0 amide bonds. The molecule has 4 bridgehead atoms. The fourth-order valence-corrected chi connectivity index (χ4v) is 3.47. The molecular formula is C17H23ClN4O5. The van der Waals surface area contributed by atoms with Crippen LogP contribution in [0.15, 0.2) is 24.3 Å². The van der Waals surface area contributed by atoms with E-state index in [0.29, 0.717) is 24.7 Å². The summed E-state index contributed by atoms with van der Waals surface area (Å²) in [6.45, 7) is 0.696. The lowest BCUT2D eigenvalue weighted by Gasteiger charge is -2.56. The lowest BCUT2D eigenvalue weighted by atomic mass is 9.84. The van der Waals surface area contributed by atoms with Gasteiger partial charge >= 0.3 is 0 Å². The molecule has 27 heavy (non-hydrogen) atoms. The second kappa shape index (κ2) is 8.72. The first-order valence-electron chi connectivity index (χ1n) is 8.68. The predicted molar refractivity (Wildman–Crippen MR) is 96.8 cm³/mol. The summed E-state index contributed by atoms with van der Waals surface area (Å²) in [6, 6.07) is 7.37. The van der Waals surface area contributed by atoms with E-state index in [2.05, 4.69) is 26.0 Å². The lowest BCUT2D eigenvalue weighted by molar-refractivity contribution is -0.154. The Balaban J connectivity index is 0.000000260. The van der Waals surface area contributed by atoms with Crippen molar-refractivity contribution in [3.8, 4) is 0 Å². The van der Waals surface area contributed by atoms with E-state index in [1.165, 1.54) is 0 Å². The topological polar surface area (TPSA) is 132 Å². The Morgan fingerprint density at radius 3 is 2.04 bits per heavy atom. The molecule has 0 aromatic heterocycles. The van der Waals surface area contributed by atoms with Crippen molar-refractivity contribution in [3.05, 3.63) is 34.9 Å². The fraction of sp³-hybridized carbons (Fsp3) is 0.529. The third kappa shape index (κ3) is 4.36. The van der Waals surface area contributed by atoms with Crippen molar-refractivity contribution < 1.29 is 24.5 Å². The van der Waals surface area contributed by atoms with Crippen molar-refractivity contribution in [2.45, 2.75) is 30.6 Å². The van der Waals surface area contributed by atoms with Gasteiger partial charge in [0.1, 0.15) is 24.2 Å². The van der Waals surface area contributed by atoms with Gasteiger partial charge in [0.15, 0.2) is 11.6 Å². The maximum Gasteiger partial charge on any atom is 0.199 e. The molecule has 0 spiro atoms. The normalized spacial score (nSPS) is 31.0. The van der Waals surface area contributed by atoms with Gasteiger partial charge in [-0.3, -0.25) is 30.9 Å². The number of carbonyl (C=O) groups excluding carboxylic acids is 2. The van der Waals surface area contributed by atoms with Crippen LogP contribution in [0, 0.1) is 0 Å². The summed E-state index contributed by atoms with van der Waals surface area (Å²) in [5.74, 6) is -0.0343. The van der Waals surface area contributed by atoms with Gasteiger partial charge in [0, 0.05) is 11.4 Å². The molecule has 2 unspecified atom stereocenters. The third-order valence-corrected chi connectivity index (χ3v) is 4.81. The number of hydrogen-bond acceptors (Lipinski definition) is 9. The number of nitrogens with one attached hydrogen (secondary N) is 4. The number of hydrogen-bond donors (Lipinski definition) is 6. The van der Waals surface area contributed by atoms with Crippen LogP contribution in [0.1, 0.15) is 5.56 Å². The van der Waals surface area contributed by atoms with Crippen LogP contribution in [-0.4, -0.2) is 72.4 Å². The molecule has 4 aliphatic rings. The minimum atomic E-state index is -0.891. The molecule has 2 atom stereocenters. The smallest absolute Gasteiger partial charge is 0.199 e. The summed E-state index contributed by atoms with van der Waals surface area (Å²) in [4.78, 5) is 24.4. The molecule has 4 aliphatic heterocycles. The molecule has 0 saturated carbocycles. The van der Waals surface area contributed by atoms with Crippen molar-refractivity contribution in [3.63, 3.8) is 0 Å². The Labute approximate surface area is 161 Å². The Hall–Kier alpha value is -1.43. The summed E-state index contributed by atoms with van der Waals surface area (Å²) in [5.41, 5.74) is 0.0928. The van der Waals surface area contributed by atoms with Gasteiger partial charge in [-0.05, 0) is 17.7 Å². The number of ketones is 2. The van der Waals surface area contributed by atoms with Gasteiger partial charge in [-0.2, -0.15) is 0 Å². The Kier molecular flexibility index (Phi) is 6.56. The molecule has 4 saturated heterocycles. The van der Waals surface area contributed by atoms with Crippen LogP contribution in [-0.2, 0) is 20.7 Å². The highest BCUT2D eigenvalue weighted by molar-refractivity contribution is 6.30. The van der Waals surface area contributed by atoms with E-state index in [1.807, 2.05) is 12.1 Å². The fourth-order valence-electron chi connectivity index (χ4n) is 3.34. The van der Waals surface area contributed by atoms with E-state index in [1.54, 1.807) is 12.1 Å². The van der Waals surface area contributed by atoms with E-state index in [4.69, 9.17) is 21.8 Å². The van der Waals surface area contributed by atoms with Crippen molar-refractivity contribution in [2.75, 3.05) is 26.4 Å². The number of rotatable bonds is 6. The quantitative estimate of drug-likeness (QED) is 0.303. The van der Waals surface area contributed by atoms with E-state index in [9.17, 15) is 9.59 Å². The van der Waals surface area contributed by atoms with Gasteiger partial charge in [-0.1, -0.05) is 23.7 Å². The number of Topliss-reactive ketones (excluding diaryl/α,β-unsaturated/α-hetero) is 2. The summed E-state index contributed by atoms with van der Waals surface area (Å²) in [6.07, 6.45) is -0.948. The van der Waals surface area contributed by atoms with Gasteiger partial charge in [0.05, 0.1) is 26.4 Å². The van der Waals surface area contributed by atoms with Crippen LogP contribution in [0.4, 0.5) is 0 Å². The third-order valence-electron chi connectivity index (χ3n) is 4.55. The minimum Gasteiger partial charge on any atom is -0.394 e. The minimum absolute atomic E-state index is 0.0134. The van der Waals surface area contributed by atoms with Crippen LogP contribution in [0.5, 0.6) is 0 Å². The Bertz CT molecular complexity index is 664. The average molecular weight is 399 g/mol. The largest absolute Gasteiger partial charge is 0.394 e. The molecule has 10 heteroatoms. The molecule has 0 radical (unpaired) electrons. The number of aliphatic hydroxyl groups is 2. The highest BCUT2D eigenvalue weighted by Gasteiger charge is 2.59. The average Bonchev–Trinajstić information content (AvgIpc) is 2.64. The molecule has 4 fully saturated rings. The van der Waals surface area contributed by atoms with Gasteiger partial charge in [0.2, 0.25) is 0 Å². The number of benzene rings is 1. The summed E-state index contributed by atoms with van der Waals surface area (Å²) in [7, 11) is 0.